The maximum atomic E-state index is 10.8. The SMILES string of the molecule is CN(C(=O)O)C1CN(c2nc(N)ncc2CO)C1. The molecule has 4 N–H and O–H groups in total. The fraction of sp³-hybridized carbons (Fsp3) is 0.500. The molecule has 1 aliphatic heterocycles. The summed E-state index contributed by atoms with van der Waals surface area (Å²) in [5, 5.41) is 18.0. The third kappa shape index (κ3) is 2.14. The normalized spacial score (nSPS) is 15.3. The summed E-state index contributed by atoms with van der Waals surface area (Å²) in [6.45, 7) is 0.893. The molecule has 8 nitrogen and oxygen atoms in total. The van der Waals surface area contributed by atoms with Crippen LogP contribution in [0.25, 0.3) is 0 Å². The van der Waals surface area contributed by atoms with Crippen LogP contribution in [0, 0.1) is 0 Å². The summed E-state index contributed by atoms with van der Waals surface area (Å²) in [6.07, 6.45) is 0.524. The molecule has 0 radical (unpaired) electrons. The topological polar surface area (TPSA) is 116 Å². The van der Waals surface area contributed by atoms with Gasteiger partial charge >= 0.3 is 6.09 Å². The van der Waals surface area contributed by atoms with Crippen LogP contribution in [0.5, 0.6) is 0 Å². The first-order valence-electron chi connectivity index (χ1n) is 5.46. The Morgan fingerprint density at radius 1 is 1.67 bits per heavy atom. The molecule has 0 saturated carbocycles. The van der Waals surface area contributed by atoms with E-state index in [1.54, 1.807) is 0 Å². The lowest BCUT2D eigenvalue weighted by Crippen LogP contribution is -2.60. The molecule has 2 rings (SSSR count). The fourth-order valence-corrected chi connectivity index (χ4v) is 1.83. The average molecular weight is 253 g/mol. The fourth-order valence-electron chi connectivity index (χ4n) is 1.83. The van der Waals surface area contributed by atoms with E-state index in [9.17, 15) is 9.90 Å². The summed E-state index contributed by atoms with van der Waals surface area (Å²) in [6, 6.07) is -0.0646. The van der Waals surface area contributed by atoms with Crippen LogP contribution in [0.3, 0.4) is 0 Å². The van der Waals surface area contributed by atoms with Crippen LogP contribution in [0.2, 0.25) is 0 Å². The molecule has 8 heteroatoms. The van der Waals surface area contributed by atoms with Crippen LogP contribution in [0.4, 0.5) is 16.6 Å². The molecule has 2 heterocycles. The average Bonchev–Trinajstić information content (AvgIpc) is 2.27. The molecular weight excluding hydrogens is 238 g/mol. The lowest BCUT2D eigenvalue weighted by atomic mass is 10.1. The second kappa shape index (κ2) is 4.65. The molecule has 1 saturated heterocycles. The van der Waals surface area contributed by atoms with Gasteiger partial charge < -0.3 is 25.7 Å². The number of carboxylic acid groups (broad SMARTS) is 1. The minimum absolute atomic E-state index is 0.0646. The predicted molar refractivity (Wildman–Crippen MR) is 64.2 cm³/mol. The molecule has 1 aromatic heterocycles. The van der Waals surface area contributed by atoms with E-state index in [1.807, 2.05) is 4.90 Å². The number of hydrogen-bond acceptors (Lipinski definition) is 6. The van der Waals surface area contributed by atoms with E-state index in [-0.39, 0.29) is 18.6 Å². The molecule has 98 valence electrons. The summed E-state index contributed by atoms with van der Waals surface area (Å²) in [5.41, 5.74) is 6.09. The number of aliphatic hydroxyl groups excluding tert-OH is 1. The Kier molecular flexibility index (Phi) is 3.19. The number of likely N-dealkylation sites (N-methyl/N-ethyl adjacent to an activating group) is 1. The van der Waals surface area contributed by atoms with Gasteiger partial charge in [-0.2, -0.15) is 4.98 Å². The van der Waals surface area contributed by atoms with Gasteiger partial charge in [0, 0.05) is 31.9 Å². The van der Waals surface area contributed by atoms with E-state index in [0.717, 1.165) is 0 Å². The maximum absolute atomic E-state index is 10.8. The van der Waals surface area contributed by atoms with Crippen LogP contribution in [0.1, 0.15) is 5.56 Å². The van der Waals surface area contributed by atoms with Crippen molar-refractivity contribution in [2.75, 3.05) is 30.8 Å². The minimum Gasteiger partial charge on any atom is -0.465 e. The predicted octanol–water partition coefficient (Wildman–Crippen LogP) is -0.650. The Morgan fingerprint density at radius 3 is 2.89 bits per heavy atom. The van der Waals surface area contributed by atoms with Crippen molar-refractivity contribution in [3.8, 4) is 0 Å². The van der Waals surface area contributed by atoms with E-state index in [1.165, 1.54) is 18.1 Å². The largest absolute Gasteiger partial charge is 0.465 e. The number of carbonyl (C=O) groups is 1. The van der Waals surface area contributed by atoms with Crippen molar-refractivity contribution in [3.05, 3.63) is 11.8 Å². The monoisotopic (exact) mass is 253 g/mol. The zero-order valence-corrected chi connectivity index (χ0v) is 9.94. The van der Waals surface area contributed by atoms with Gasteiger partial charge in [-0.05, 0) is 0 Å². The zero-order valence-electron chi connectivity index (χ0n) is 9.94. The number of hydrogen-bond donors (Lipinski definition) is 3. The standard InChI is InChI=1S/C10H15N5O3/c1-14(10(17)18)7-3-15(4-7)8-6(5-16)2-12-9(11)13-8/h2,7,16H,3-5H2,1H3,(H,17,18)(H2,11,12,13). The summed E-state index contributed by atoms with van der Waals surface area (Å²) in [7, 11) is 1.53. The number of anilines is 2. The molecule has 1 fully saturated rings. The minimum atomic E-state index is -0.954. The lowest BCUT2D eigenvalue weighted by molar-refractivity contribution is 0.129. The van der Waals surface area contributed by atoms with Gasteiger partial charge in [0.25, 0.3) is 0 Å². The van der Waals surface area contributed by atoms with Crippen molar-refractivity contribution >= 4 is 17.9 Å². The number of nitrogen functional groups attached to an aromatic ring is 1. The lowest BCUT2D eigenvalue weighted by Gasteiger charge is -2.44. The molecule has 0 atom stereocenters. The smallest absolute Gasteiger partial charge is 0.407 e. The van der Waals surface area contributed by atoms with Crippen LogP contribution >= 0.6 is 0 Å². The molecule has 0 aromatic carbocycles. The Balaban J connectivity index is 2.08. The highest BCUT2D eigenvalue weighted by Gasteiger charge is 2.34. The maximum Gasteiger partial charge on any atom is 0.407 e. The van der Waals surface area contributed by atoms with Crippen LogP contribution < -0.4 is 10.6 Å². The van der Waals surface area contributed by atoms with E-state index in [2.05, 4.69) is 9.97 Å². The van der Waals surface area contributed by atoms with Gasteiger partial charge in [0.1, 0.15) is 5.82 Å². The van der Waals surface area contributed by atoms with E-state index in [4.69, 9.17) is 10.8 Å². The first-order chi connectivity index (χ1) is 8.52. The van der Waals surface area contributed by atoms with Gasteiger partial charge in [0.2, 0.25) is 5.95 Å². The van der Waals surface area contributed by atoms with Crippen molar-refractivity contribution in [2.45, 2.75) is 12.6 Å². The molecule has 18 heavy (non-hydrogen) atoms. The van der Waals surface area contributed by atoms with Gasteiger partial charge in [-0.3, -0.25) is 0 Å². The number of rotatable bonds is 3. The summed E-state index contributed by atoms with van der Waals surface area (Å²) >= 11 is 0. The third-order valence-corrected chi connectivity index (χ3v) is 3.04. The zero-order chi connectivity index (χ0) is 13.3. The highest BCUT2D eigenvalue weighted by molar-refractivity contribution is 5.66. The van der Waals surface area contributed by atoms with Crippen molar-refractivity contribution in [2.24, 2.45) is 0 Å². The molecule has 0 aliphatic carbocycles. The van der Waals surface area contributed by atoms with Gasteiger partial charge in [0.15, 0.2) is 0 Å². The van der Waals surface area contributed by atoms with E-state index in [0.29, 0.717) is 24.5 Å². The van der Waals surface area contributed by atoms with Gasteiger partial charge in [-0.25, -0.2) is 9.78 Å². The van der Waals surface area contributed by atoms with Crippen molar-refractivity contribution in [3.63, 3.8) is 0 Å². The molecule has 1 aromatic rings. The molecule has 1 aliphatic rings. The first kappa shape index (κ1) is 12.4. The number of aliphatic hydroxyl groups is 1. The Hall–Kier alpha value is -2.09. The van der Waals surface area contributed by atoms with Crippen LogP contribution in [-0.2, 0) is 6.61 Å². The quantitative estimate of drug-likeness (QED) is 0.655. The summed E-state index contributed by atoms with van der Waals surface area (Å²) in [4.78, 5) is 21.8. The van der Waals surface area contributed by atoms with E-state index >= 15 is 0 Å². The molecular formula is C10H15N5O3. The second-order valence-corrected chi connectivity index (χ2v) is 4.19. The Bertz CT molecular complexity index is 461. The third-order valence-electron chi connectivity index (χ3n) is 3.04. The van der Waals surface area contributed by atoms with Crippen molar-refractivity contribution in [1.29, 1.82) is 0 Å². The van der Waals surface area contributed by atoms with Gasteiger partial charge in [-0.15, -0.1) is 0 Å². The number of nitrogens with two attached hydrogens (primary N) is 1. The highest BCUT2D eigenvalue weighted by atomic mass is 16.4. The van der Waals surface area contributed by atoms with Crippen LogP contribution in [0.15, 0.2) is 6.20 Å². The molecule has 0 spiro atoms. The van der Waals surface area contributed by atoms with Crippen molar-refractivity contribution in [1.82, 2.24) is 14.9 Å². The first-order valence-corrected chi connectivity index (χ1v) is 5.46. The summed E-state index contributed by atoms with van der Waals surface area (Å²) < 4.78 is 0. The van der Waals surface area contributed by atoms with Crippen LogP contribution in [-0.4, -0.2) is 57.4 Å². The molecule has 1 amide bonds. The Labute approximate surface area is 104 Å². The van der Waals surface area contributed by atoms with Gasteiger partial charge in [0.05, 0.1) is 12.6 Å². The molecule has 0 bridgehead atoms. The summed E-state index contributed by atoms with van der Waals surface area (Å²) in [5.74, 6) is 0.706. The van der Waals surface area contributed by atoms with Gasteiger partial charge in [-0.1, -0.05) is 0 Å². The van der Waals surface area contributed by atoms with Crippen molar-refractivity contribution < 1.29 is 15.0 Å². The second-order valence-electron chi connectivity index (χ2n) is 4.19. The number of aromatic nitrogens is 2. The molecule has 0 unspecified atom stereocenters. The number of amides is 1. The number of nitrogens with zero attached hydrogens (tertiary/aromatic N) is 4. The Morgan fingerprint density at radius 2 is 2.33 bits per heavy atom. The van der Waals surface area contributed by atoms with E-state index < -0.39 is 6.09 Å². The highest BCUT2D eigenvalue weighted by Crippen LogP contribution is 2.25.